The molecule has 2 saturated heterocycles. The lowest BCUT2D eigenvalue weighted by Gasteiger charge is -2.28. The second-order valence-electron chi connectivity index (χ2n) is 7.66. The predicted molar refractivity (Wildman–Crippen MR) is 129 cm³/mol. The summed E-state index contributed by atoms with van der Waals surface area (Å²) in [5.41, 5.74) is 0.809. The molecule has 2 aliphatic heterocycles. The molecular formula is C24H22ClFN2O6S. The van der Waals surface area contributed by atoms with E-state index in [2.05, 4.69) is 0 Å². The zero-order valence-corrected chi connectivity index (χ0v) is 20.4. The molecule has 184 valence electrons. The third-order valence-corrected chi connectivity index (χ3v) is 6.71. The van der Waals surface area contributed by atoms with Gasteiger partial charge < -0.3 is 19.1 Å². The second-order valence-corrected chi connectivity index (χ2v) is 9.06. The highest BCUT2D eigenvalue weighted by atomic mass is 35.5. The number of imide groups is 1. The molecule has 8 nitrogen and oxygen atoms in total. The molecule has 2 aliphatic rings. The van der Waals surface area contributed by atoms with Crippen LogP contribution in [0.25, 0.3) is 6.08 Å². The normalized spacial score (nSPS) is 17.3. The lowest BCUT2D eigenvalue weighted by Crippen LogP contribution is -2.46. The zero-order chi connectivity index (χ0) is 24.9. The van der Waals surface area contributed by atoms with E-state index < -0.39 is 17.0 Å². The van der Waals surface area contributed by atoms with Crippen molar-refractivity contribution in [1.29, 1.82) is 0 Å². The van der Waals surface area contributed by atoms with Gasteiger partial charge in [0.15, 0.2) is 11.5 Å². The molecule has 2 aromatic rings. The number of rotatable bonds is 7. The van der Waals surface area contributed by atoms with Crippen LogP contribution in [0.15, 0.2) is 41.3 Å². The fraction of sp³-hybridized carbons (Fsp3) is 0.292. The van der Waals surface area contributed by atoms with E-state index in [0.29, 0.717) is 43.4 Å². The topological polar surface area (TPSA) is 85.4 Å². The summed E-state index contributed by atoms with van der Waals surface area (Å²) < 4.78 is 30.3. The van der Waals surface area contributed by atoms with Crippen LogP contribution in [0.4, 0.5) is 9.18 Å². The number of carbonyl (C=O) groups excluding carboxylic acids is 3. The van der Waals surface area contributed by atoms with Gasteiger partial charge in [-0.1, -0.05) is 23.7 Å². The number of ether oxygens (including phenoxy) is 3. The van der Waals surface area contributed by atoms with Crippen LogP contribution in [0.2, 0.25) is 5.02 Å². The Morgan fingerprint density at radius 3 is 2.69 bits per heavy atom. The van der Waals surface area contributed by atoms with E-state index in [1.54, 1.807) is 35.2 Å². The van der Waals surface area contributed by atoms with Gasteiger partial charge in [-0.2, -0.15) is 0 Å². The average molecular weight is 521 g/mol. The minimum atomic E-state index is -0.532. The Labute approximate surface area is 210 Å². The van der Waals surface area contributed by atoms with Gasteiger partial charge in [0.05, 0.1) is 30.3 Å². The molecule has 2 fully saturated rings. The standard InChI is InChI=1S/C24H22ClFN2O6S/c1-32-20-11-15(5-6-19(20)34-14-16-17(25)3-2-4-18(16)26)12-21-23(30)28(24(31)35-21)13-22(29)27-7-9-33-10-8-27/h2-6,11-12H,7-10,13-14H2,1H3/b21-12-. The van der Waals surface area contributed by atoms with Gasteiger partial charge in [-0.15, -0.1) is 0 Å². The first-order valence-electron chi connectivity index (χ1n) is 10.7. The van der Waals surface area contributed by atoms with Gasteiger partial charge in [0.1, 0.15) is 19.0 Å². The third kappa shape index (κ3) is 5.77. The van der Waals surface area contributed by atoms with Gasteiger partial charge in [-0.25, -0.2) is 4.39 Å². The lowest BCUT2D eigenvalue weighted by molar-refractivity contribution is -0.139. The molecule has 0 aromatic heterocycles. The largest absolute Gasteiger partial charge is 0.493 e. The van der Waals surface area contributed by atoms with E-state index in [4.69, 9.17) is 25.8 Å². The molecule has 2 heterocycles. The Hall–Kier alpha value is -3.08. The zero-order valence-electron chi connectivity index (χ0n) is 18.8. The smallest absolute Gasteiger partial charge is 0.294 e. The number of benzene rings is 2. The van der Waals surface area contributed by atoms with Crippen molar-refractivity contribution >= 4 is 46.5 Å². The first kappa shape index (κ1) is 25.0. The van der Waals surface area contributed by atoms with Crippen LogP contribution in [0.1, 0.15) is 11.1 Å². The van der Waals surface area contributed by atoms with Crippen molar-refractivity contribution in [3.05, 3.63) is 63.3 Å². The molecule has 2 aromatic carbocycles. The molecule has 3 amide bonds. The summed E-state index contributed by atoms with van der Waals surface area (Å²) in [6.45, 7) is 1.32. The number of amides is 3. The Morgan fingerprint density at radius 1 is 1.20 bits per heavy atom. The molecule has 0 N–H and O–H groups in total. The van der Waals surface area contributed by atoms with Crippen molar-refractivity contribution in [2.75, 3.05) is 40.0 Å². The van der Waals surface area contributed by atoms with E-state index in [-0.39, 0.29) is 34.6 Å². The summed E-state index contributed by atoms with van der Waals surface area (Å²) in [6, 6.07) is 9.30. The van der Waals surface area contributed by atoms with Crippen molar-refractivity contribution in [1.82, 2.24) is 9.80 Å². The maximum Gasteiger partial charge on any atom is 0.294 e. The maximum atomic E-state index is 14.0. The van der Waals surface area contributed by atoms with Crippen LogP contribution in [-0.2, 0) is 20.9 Å². The minimum Gasteiger partial charge on any atom is -0.493 e. The summed E-state index contributed by atoms with van der Waals surface area (Å²) in [7, 11) is 1.45. The van der Waals surface area contributed by atoms with Crippen molar-refractivity contribution in [3.63, 3.8) is 0 Å². The highest BCUT2D eigenvalue weighted by Gasteiger charge is 2.37. The Balaban J connectivity index is 1.45. The molecule has 35 heavy (non-hydrogen) atoms. The van der Waals surface area contributed by atoms with Gasteiger partial charge in [-0.05, 0) is 47.7 Å². The van der Waals surface area contributed by atoms with Gasteiger partial charge in [-0.3, -0.25) is 19.3 Å². The van der Waals surface area contributed by atoms with E-state index in [0.717, 1.165) is 16.7 Å². The van der Waals surface area contributed by atoms with Gasteiger partial charge >= 0.3 is 0 Å². The summed E-state index contributed by atoms with van der Waals surface area (Å²) >= 11 is 6.82. The highest BCUT2D eigenvalue weighted by Crippen LogP contribution is 2.35. The molecule has 0 bridgehead atoms. The first-order valence-corrected chi connectivity index (χ1v) is 11.9. The van der Waals surface area contributed by atoms with Gasteiger partial charge in [0.2, 0.25) is 5.91 Å². The number of morpholine rings is 1. The molecular weight excluding hydrogens is 499 g/mol. The fourth-order valence-corrected chi connectivity index (χ4v) is 4.60. The SMILES string of the molecule is COc1cc(/C=C2\SC(=O)N(CC(=O)N3CCOCC3)C2=O)ccc1OCc1c(F)cccc1Cl. The number of halogens is 2. The summed E-state index contributed by atoms with van der Waals surface area (Å²) in [6.07, 6.45) is 1.55. The number of hydrogen-bond acceptors (Lipinski definition) is 7. The summed E-state index contributed by atoms with van der Waals surface area (Å²) in [5, 5.41) is -0.250. The van der Waals surface area contributed by atoms with Gasteiger partial charge in [0.25, 0.3) is 11.1 Å². The monoisotopic (exact) mass is 520 g/mol. The van der Waals surface area contributed by atoms with Crippen molar-refractivity contribution < 1.29 is 33.0 Å². The molecule has 0 saturated carbocycles. The molecule has 0 spiro atoms. The number of carbonyl (C=O) groups is 3. The summed E-state index contributed by atoms with van der Waals surface area (Å²) in [4.78, 5) is 40.4. The van der Waals surface area contributed by atoms with Crippen LogP contribution in [0, 0.1) is 5.82 Å². The Kier molecular flexibility index (Phi) is 7.94. The van der Waals surface area contributed by atoms with E-state index in [1.807, 2.05) is 0 Å². The second kappa shape index (κ2) is 11.1. The number of nitrogens with zero attached hydrogens (tertiary/aromatic N) is 2. The number of thioether (sulfide) groups is 1. The van der Waals surface area contributed by atoms with Gasteiger partial charge in [0, 0.05) is 18.7 Å². The Morgan fingerprint density at radius 2 is 1.97 bits per heavy atom. The van der Waals surface area contributed by atoms with Crippen LogP contribution in [0.3, 0.4) is 0 Å². The molecule has 0 radical (unpaired) electrons. The quantitative estimate of drug-likeness (QED) is 0.511. The lowest BCUT2D eigenvalue weighted by atomic mass is 10.1. The maximum absolute atomic E-state index is 14.0. The van der Waals surface area contributed by atoms with Crippen LogP contribution in [-0.4, -0.2) is 66.8 Å². The van der Waals surface area contributed by atoms with Crippen LogP contribution >= 0.6 is 23.4 Å². The minimum absolute atomic E-state index is 0.0999. The first-order chi connectivity index (χ1) is 16.9. The molecule has 11 heteroatoms. The third-order valence-electron chi connectivity index (χ3n) is 5.45. The van der Waals surface area contributed by atoms with Crippen molar-refractivity contribution in [2.24, 2.45) is 0 Å². The summed E-state index contributed by atoms with van der Waals surface area (Å²) in [5.74, 6) is -0.595. The van der Waals surface area contributed by atoms with Crippen molar-refractivity contribution in [2.45, 2.75) is 6.61 Å². The molecule has 0 unspecified atom stereocenters. The Bertz CT molecular complexity index is 1160. The number of hydrogen-bond donors (Lipinski definition) is 0. The fourth-order valence-electron chi connectivity index (χ4n) is 3.55. The highest BCUT2D eigenvalue weighted by molar-refractivity contribution is 8.18. The predicted octanol–water partition coefficient (Wildman–Crippen LogP) is 3.96. The molecule has 0 aliphatic carbocycles. The van der Waals surface area contributed by atoms with E-state index in [9.17, 15) is 18.8 Å². The van der Waals surface area contributed by atoms with Crippen LogP contribution < -0.4 is 9.47 Å². The van der Waals surface area contributed by atoms with E-state index >= 15 is 0 Å². The molecule has 0 atom stereocenters. The van der Waals surface area contributed by atoms with Crippen LogP contribution in [0.5, 0.6) is 11.5 Å². The number of methoxy groups -OCH3 is 1. The molecule has 4 rings (SSSR count). The van der Waals surface area contributed by atoms with Crippen molar-refractivity contribution in [3.8, 4) is 11.5 Å². The average Bonchev–Trinajstić information content (AvgIpc) is 3.12. The van der Waals surface area contributed by atoms with E-state index in [1.165, 1.54) is 19.2 Å².